The van der Waals surface area contributed by atoms with E-state index in [1.165, 1.54) is 67.2 Å². The zero-order valence-electron chi connectivity index (χ0n) is 16.9. The van der Waals surface area contributed by atoms with Crippen molar-refractivity contribution < 1.29 is 0 Å². The van der Waals surface area contributed by atoms with Crippen molar-refractivity contribution in [2.75, 3.05) is 0 Å². The number of hydrogen-bond acceptors (Lipinski definition) is 0. The fourth-order valence-corrected chi connectivity index (χ4v) is 3.71. The molecule has 0 heterocycles. The summed E-state index contributed by atoms with van der Waals surface area (Å²) >= 11 is 0. The number of hydrogen-bond donors (Lipinski definition) is 0. The van der Waals surface area contributed by atoms with Crippen molar-refractivity contribution in [1.29, 1.82) is 0 Å². The van der Waals surface area contributed by atoms with Crippen molar-refractivity contribution in [1.82, 2.24) is 0 Å². The molecule has 0 saturated carbocycles. The summed E-state index contributed by atoms with van der Waals surface area (Å²) in [4.78, 5) is 0. The average Bonchev–Trinajstić information content (AvgIpc) is 2.74. The van der Waals surface area contributed by atoms with E-state index < -0.39 is 0 Å². The summed E-state index contributed by atoms with van der Waals surface area (Å²) in [6.07, 6.45) is 12.4. The Bertz CT molecular complexity index is 794. The topological polar surface area (TPSA) is 0 Å². The quantitative estimate of drug-likeness (QED) is 0.370. The number of rotatable bonds is 6. The maximum absolute atomic E-state index is 3.38. The van der Waals surface area contributed by atoms with E-state index in [1.807, 2.05) is 0 Å². The first kappa shape index (κ1) is 19.5. The molecule has 27 heavy (non-hydrogen) atoms. The van der Waals surface area contributed by atoms with Gasteiger partial charge in [-0.25, -0.2) is 0 Å². The molecule has 0 amide bonds. The standard InChI is InChI=1S/C27H32/c1-3-5-6-7-23-14-18-26(19-15-23)27-20-16-25(17-21-27)13-12-24-10-8-22(4-2)9-11-24/h10,14-22H,3-9,11H2,1-2H3. The van der Waals surface area contributed by atoms with Crippen LogP contribution in [0.4, 0.5) is 0 Å². The monoisotopic (exact) mass is 356 g/mol. The Hall–Kier alpha value is -2.26. The van der Waals surface area contributed by atoms with Gasteiger partial charge in [-0.1, -0.05) is 87.4 Å². The third kappa shape index (κ3) is 5.86. The van der Waals surface area contributed by atoms with E-state index in [0.29, 0.717) is 0 Å². The lowest BCUT2D eigenvalue weighted by molar-refractivity contribution is 0.460. The van der Waals surface area contributed by atoms with Gasteiger partial charge in [0.25, 0.3) is 0 Å². The van der Waals surface area contributed by atoms with Crippen LogP contribution in [0.3, 0.4) is 0 Å². The highest BCUT2D eigenvalue weighted by Gasteiger charge is 2.10. The van der Waals surface area contributed by atoms with Crippen LogP contribution in [0.2, 0.25) is 0 Å². The number of allylic oxidation sites excluding steroid dienone is 2. The number of benzene rings is 2. The maximum Gasteiger partial charge on any atom is 0.0249 e. The summed E-state index contributed by atoms with van der Waals surface area (Å²) in [5.41, 5.74) is 6.43. The van der Waals surface area contributed by atoms with Crippen LogP contribution in [0.1, 0.15) is 69.9 Å². The summed E-state index contributed by atoms with van der Waals surface area (Å²) < 4.78 is 0. The van der Waals surface area contributed by atoms with Crippen LogP contribution in [0.25, 0.3) is 11.1 Å². The predicted octanol–water partition coefficient (Wildman–Crippen LogP) is 7.57. The molecule has 140 valence electrons. The largest absolute Gasteiger partial charge is 0.0726 e. The van der Waals surface area contributed by atoms with Crippen molar-refractivity contribution in [2.45, 2.75) is 65.2 Å². The molecule has 0 fully saturated rings. The van der Waals surface area contributed by atoms with Gasteiger partial charge in [0.1, 0.15) is 0 Å². The Morgan fingerprint density at radius 2 is 1.56 bits per heavy atom. The second-order valence-electron chi connectivity index (χ2n) is 7.76. The van der Waals surface area contributed by atoms with Crippen LogP contribution < -0.4 is 0 Å². The molecule has 0 nitrogen and oxygen atoms in total. The molecule has 0 heteroatoms. The Balaban J connectivity index is 1.61. The van der Waals surface area contributed by atoms with Crippen molar-refractivity contribution in [3.05, 3.63) is 71.3 Å². The molecule has 1 unspecified atom stereocenters. The zero-order valence-corrected chi connectivity index (χ0v) is 16.9. The molecule has 1 aliphatic carbocycles. The van der Waals surface area contributed by atoms with Crippen LogP contribution >= 0.6 is 0 Å². The number of aryl methyl sites for hydroxylation is 1. The van der Waals surface area contributed by atoms with Gasteiger partial charge >= 0.3 is 0 Å². The molecule has 0 spiro atoms. The summed E-state index contributed by atoms with van der Waals surface area (Å²) in [6, 6.07) is 17.7. The Morgan fingerprint density at radius 3 is 2.15 bits per heavy atom. The minimum atomic E-state index is 0.868. The molecule has 0 radical (unpaired) electrons. The van der Waals surface area contributed by atoms with Crippen LogP contribution in [0, 0.1) is 17.8 Å². The van der Waals surface area contributed by atoms with E-state index in [-0.39, 0.29) is 0 Å². The molecule has 0 N–H and O–H groups in total. The fourth-order valence-electron chi connectivity index (χ4n) is 3.71. The summed E-state index contributed by atoms with van der Waals surface area (Å²) in [6.45, 7) is 4.54. The van der Waals surface area contributed by atoms with E-state index in [2.05, 4.69) is 80.3 Å². The summed E-state index contributed by atoms with van der Waals surface area (Å²) in [7, 11) is 0. The van der Waals surface area contributed by atoms with Gasteiger partial charge in [-0.15, -0.1) is 0 Å². The average molecular weight is 357 g/mol. The highest BCUT2D eigenvalue weighted by atomic mass is 14.2. The molecule has 2 aromatic rings. The van der Waals surface area contributed by atoms with Crippen LogP contribution in [-0.2, 0) is 6.42 Å². The highest BCUT2D eigenvalue weighted by molar-refractivity contribution is 5.64. The van der Waals surface area contributed by atoms with Gasteiger partial charge in [-0.2, -0.15) is 0 Å². The van der Waals surface area contributed by atoms with Gasteiger partial charge in [0, 0.05) is 5.56 Å². The normalized spacial score (nSPS) is 16.4. The molecule has 1 atom stereocenters. The molecule has 1 aliphatic rings. The van der Waals surface area contributed by atoms with Crippen LogP contribution in [0.5, 0.6) is 0 Å². The van der Waals surface area contributed by atoms with E-state index in [4.69, 9.17) is 0 Å². The molecule has 3 rings (SSSR count). The summed E-state index contributed by atoms with van der Waals surface area (Å²) in [5.74, 6) is 7.60. The van der Waals surface area contributed by atoms with Gasteiger partial charge in [0.15, 0.2) is 0 Å². The lowest BCUT2D eigenvalue weighted by Crippen LogP contribution is -2.03. The number of unbranched alkanes of at least 4 members (excludes halogenated alkanes) is 2. The van der Waals surface area contributed by atoms with Crippen molar-refractivity contribution in [3.8, 4) is 23.0 Å². The third-order valence-electron chi connectivity index (χ3n) is 5.71. The first-order valence-electron chi connectivity index (χ1n) is 10.7. The van der Waals surface area contributed by atoms with Gasteiger partial charge in [0.05, 0.1) is 0 Å². The molecular formula is C27H32. The SMILES string of the molecule is CCCCCc1ccc(-c2ccc(C#CC3=CCC(CC)CC3)cc2)cc1. The summed E-state index contributed by atoms with van der Waals surface area (Å²) in [5, 5.41) is 0. The van der Waals surface area contributed by atoms with Crippen molar-refractivity contribution in [2.24, 2.45) is 5.92 Å². The second-order valence-corrected chi connectivity index (χ2v) is 7.76. The second kappa shape index (κ2) is 10.2. The molecule has 0 aromatic heterocycles. The van der Waals surface area contributed by atoms with E-state index in [1.54, 1.807) is 0 Å². The van der Waals surface area contributed by atoms with Crippen LogP contribution in [0.15, 0.2) is 60.2 Å². The minimum Gasteiger partial charge on any atom is -0.0726 e. The molecule has 0 bridgehead atoms. The Morgan fingerprint density at radius 1 is 0.852 bits per heavy atom. The maximum atomic E-state index is 3.38. The first-order chi connectivity index (χ1) is 13.3. The van der Waals surface area contributed by atoms with Gasteiger partial charge in [-0.05, 0) is 72.4 Å². The van der Waals surface area contributed by atoms with E-state index in [9.17, 15) is 0 Å². The Kier molecular flexibility index (Phi) is 7.35. The minimum absolute atomic E-state index is 0.868. The fraction of sp³-hybridized carbons (Fsp3) is 0.407. The smallest absolute Gasteiger partial charge is 0.0249 e. The first-order valence-corrected chi connectivity index (χ1v) is 10.7. The van der Waals surface area contributed by atoms with Crippen molar-refractivity contribution >= 4 is 0 Å². The molecule has 0 saturated heterocycles. The van der Waals surface area contributed by atoms with E-state index >= 15 is 0 Å². The Labute approximate surface area is 165 Å². The molecule has 2 aromatic carbocycles. The lowest BCUT2D eigenvalue weighted by Gasteiger charge is -2.17. The zero-order chi connectivity index (χ0) is 18.9. The molecular weight excluding hydrogens is 324 g/mol. The van der Waals surface area contributed by atoms with Gasteiger partial charge in [-0.3, -0.25) is 0 Å². The van der Waals surface area contributed by atoms with Crippen molar-refractivity contribution in [3.63, 3.8) is 0 Å². The molecule has 0 aliphatic heterocycles. The van der Waals surface area contributed by atoms with Gasteiger partial charge in [0.2, 0.25) is 0 Å². The third-order valence-corrected chi connectivity index (χ3v) is 5.71. The van der Waals surface area contributed by atoms with Gasteiger partial charge < -0.3 is 0 Å². The van der Waals surface area contributed by atoms with Crippen LogP contribution in [-0.4, -0.2) is 0 Å². The highest BCUT2D eigenvalue weighted by Crippen LogP contribution is 2.25. The predicted molar refractivity (Wildman–Crippen MR) is 118 cm³/mol. The van der Waals surface area contributed by atoms with E-state index in [0.717, 1.165) is 17.9 Å². The lowest BCUT2D eigenvalue weighted by atomic mass is 9.88.